The summed E-state index contributed by atoms with van der Waals surface area (Å²) in [6.07, 6.45) is -2.81. The van der Waals surface area contributed by atoms with Gasteiger partial charge in [0.15, 0.2) is 10.7 Å². The van der Waals surface area contributed by atoms with E-state index in [1.54, 1.807) is 4.90 Å². The second-order valence-corrected chi connectivity index (χ2v) is 10.5. The normalized spacial score (nSPS) is 15.0. The number of aliphatic carboxylic acids is 2. The number of aliphatic hydroxyl groups is 2. The third-order valence-electron chi connectivity index (χ3n) is 4.57. The summed E-state index contributed by atoms with van der Waals surface area (Å²) in [5.74, 6) is -3.38. The number of hydrogen-bond acceptors (Lipinski definition) is 8. The Hall–Kier alpha value is -0.920. The average molecular weight is 514 g/mol. The summed E-state index contributed by atoms with van der Waals surface area (Å²) < 4.78 is 21.1. The van der Waals surface area contributed by atoms with E-state index in [0.29, 0.717) is 0 Å². The van der Waals surface area contributed by atoms with E-state index in [4.69, 9.17) is 29.8 Å². The molecule has 0 aromatic heterocycles. The van der Waals surface area contributed by atoms with Crippen molar-refractivity contribution in [2.75, 3.05) is 19.6 Å². The van der Waals surface area contributed by atoms with Crippen molar-refractivity contribution in [2.24, 2.45) is 0 Å². The van der Waals surface area contributed by atoms with E-state index in [1.165, 1.54) is 33.5 Å². The number of rotatable bonds is 11. The zero-order valence-corrected chi connectivity index (χ0v) is 21.3. The maximum absolute atomic E-state index is 10.6. The third-order valence-corrected chi connectivity index (χ3v) is 7.69. The van der Waals surface area contributed by atoms with Crippen molar-refractivity contribution in [3.8, 4) is 0 Å². The van der Waals surface area contributed by atoms with Crippen molar-refractivity contribution in [1.82, 2.24) is 6.15 Å². The summed E-state index contributed by atoms with van der Waals surface area (Å²) >= 11 is 0. The van der Waals surface area contributed by atoms with Gasteiger partial charge < -0.3 is 60.6 Å². The van der Waals surface area contributed by atoms with Crippen LogP contribution in [0.2, 0.25) is 0 Å². The Morgan fingerprint density at radius 2 is 0.938 bits per heavy atom. The second kappa shape index (κ2) is 16.7. The van der Waals surface area contributed by atoms with Crippen molar-refractivity contribution >= 4 is 27.1 Å². The molecule has 14 nitrogen and oxygen atoms in total. The lowest BCUT2D eigenvalue weighted by Crippen LogP contribution is -3.11. The summed E-state index contributed by atoms with van der Waals surface area (Å²) in [6.45, 7) is 13.0. The van der Waals surface area contributed by atoms with Gasteiger partial charge in [-0.25, -0.2) is 0 Å². The van der Waals surface area contributed by atoms with Gasteiger partial charge in [0, 0.05) is 24.8 Å². The molecule has 0 spiro atoms. The molecule has 0 amide bonds. The molecule has 0 heterocycles. The first-order valence-corrected chi connectivity index (χ1v) is 12.8. The van der Waals surface area contributed by atoms with Gasteiger partial charge in [-0.1, -0.05) is 13.8 Å². The summed E-state index contributed by atoms with van der Waals surface area (Å²) in [6, 6.07) is 0. The summed E-state index contributed by atoms with van der Waals surface area (Å²) in [5, 5.41) is 33.3. The highest BCUT2D eigenvalue weighted by atomic mass is 31.2. The number of carboxylic acids is 2. The van der Waals surface area contributed by atoms with Gasteiger partial charge in [-0.3, -0.25) is 9.13 Å². The lowest BCUT2D eigenvalue weighted by molar-refractivity contribution is -0.894. The first kappa shape index (κ1) is 38.3. The molecule has 0 saturated carbocycles. The fourth-order valence-electron chi connectivity index (χ4n) is 2.08. The molecule has 2 atom stereocenters. The average Bonchev–Trinajstić information content (AvgIpc) is 2.61. The van der Waals surface area contributed by atoms with Gasteiger partial charge in [-0.2, -0.15) is 0 Å². The van der Waals surface area contributed by atoms with Crippen LogP contribution in [0.25, 0.3) is 0 Å². The van der Waals surface area contributed by atoms with Gasteiger partial charge in [-0.15, -0.1) is 0 Å². The molecule has 196 valence electrons. The van der Waals surface area contributed by atoms with Crippen LogP contribution in [0.5, 0.6) is 0 Å². The van der Waals surface area contributed by atoms with Crippen LogP contribution in [0.1, 0.15) is 60.3 Å². The Bertz CT molecular complexity index is 581. The Morgan fingerprint density at radius 3 is 0.969 bits per heavy atom. The van der Waals surface area contributed by atoms with Crippen LogP contribution in [0.15, 0.2) is 0 Å². The molecular weight excluding hydrogens is 474 g/mol. The van der Waals surface area contributed by atoms with Crippen LogP contribution in [0.3, 0.4) is 0 Å². The molecule has 0 aromatic rings. The number of carbonyl (C=O) groups excluding carboxylic acids is 2. The SMILES string of the molecule is CCC(O)(CC(=O)[O-])P(=O)(O)O.CCC(O)(CC(=O)[O-])P(=O)(O)O.CC[NH+](CC)CC.[NH4+]. The van der Waals surface area contributed by atoms with Crippen LogP contribution < -0.4 is 21.3 Å². The molecule has 0 aromatic carbocycles. The van der Waals surface area contributed by atoms with Crippen molar-refractivity contribution in [3.63, 3.8) is 0 Å². The number of carboxylic acid groups (broad SMARTS) is 2. The highest BCUT2D eigenvalue weighted by Crippen LogP contribution is 2.53. The molecule has 0 aliphatic rings. The molecule has 11 N–H and O–H groups in total. The van der Waals surface area contributed by atoms with Gasteiger partial charge in [0.1, 0.15) is 0 Å². The molecule has 32 heavy (non-hydrogen) atoms. The van der Waals surface area contributed by atoms with E-state index in [2.05, 4.69) is 20.8 Å². The first-order valence-electron chi connectivity index (χ1n) is 9.59. The maximum atomic E-state index is 10.6. The van der Waals surface area contributed by atoms with Gasteiger partial charge in [0.25, 0.3) is 0 Å². The Labute approximate surface area is 188 Å². The second-order valence-electron chi connectivity index (χ2n) is 6.67. The predicted molar refractivity (Wildman–Crippen MR) is 112 cm³/mol. The van der Waals surface area contributed by atoms with Crippen LogP contribution in [-0.2, 0) is 18.7 Å². The Balaban J connectivity index is -0.000000188. The van der Waals surface area contributed by atoms with Gasteiger partial charge in [0.2, 0.25) is 0 Å². The molecule has 0 fully saturated rings. The van der Waals surface area contributed by atoms with Crippen LogP contribution in [0.4, 0.5) is 0 Å². The number of quaternary nitrogens is 2. The molecule has 0 aliphatic heterocycles. The predicted octanol–water partition coefficient (Wildman–Crippen LogP) is -2.89. The molecule has 2 unspecified atom stereocenters. The number of nitrogens with one attached hydrogen (secondary N) is 1. The molecule has 16 heteroatoms. The quantitative estimate of drug-likeness (QED) is 0.129. The minimum Gasteiger partial charge on any atom is -0.550 e. The highest BCUT2D eigenvalue weighted by molar-refractivity contribution is 7.53. The zero-order valence-electron chi connectivity index (χ0n) is 19.5. The van der Waals surface area contributed by atoms with Crippen molar-refractivity contribution in [2.45, 2.75) is 71.0 Å². The topological polar surface area (TPSA) is 277 Å². The molecule has 0 radical (unpaired) electrons. The smallest absolute Gasteiger partial charge is 0.357 e. The zero-order chi connectivity index (χ0) is 25.7. The third kappa shape index (κ3) is 15.0. The largest absolute Gasteiger partial charge is 0.550 e. The van der Waals surface area contributed by atoms with Crippen LogP contribution in [-0.4, -0.2) is 72.0 Å². The monoisotopic (exact) mass is 514 g/mol. The van der Waals surface area contributed by atoms with Gasteiger partial charge in [0.05, 0.1) is 19.6 Å². The summed E-state index contributed by atoms with van der Waals surface area (Å²) in [4.78, 5) is 55.9. The van der Waals surface area contributed by atoms with E-state index < -0.39 is 50.7 Å². The maximum Gasteiger partial charge on any atom is 0.357 e. The standard InChI is InChI=1S/C6H15N.2C5H11O6P.H3N/c1-4-7(5-2)6-3;2*1-2-5(8,3-4(6)7)12(9,10)11;/h4-6H2,1-3H3;2*8H,2-3H2,1H3,(H,6,7)(H2,9,10,11);1H3. The highest BCUT2D eigenvalue weighted by Gasteiger charge is 2.44. The van der Waals surface area contributed by atoms with Crippen LogP contribution in [0, 0.1) is 0 Å². The first-order chi connectivity index (χ1) is 13.8. The lowest BCUT2D eigenvalue weighted by Gasteiger charge is -2.27. The van der Waals surface area contributed by atoms with Crippen LogP contribution >= 0.6 is 15.2 Å². The number of carbonyl (C=O) groups is 2. The number of hydrogen-bond donors (Lipinski definition) is 8. The molecule has 0 saturated heterocycles. The fourth-order valence-corrected chi connectivity index (χ4v) is 3.57. The molecule has 0 rings (SSSR count). The molecule has 0 bridgehead atoms. The Kier molecular flexibility index (Phi) is 20.0. The minimum atomic E-state index is -4.81. The van der Waals surface area contributed by atoms with Gasteiger partial charge in [-0.05, 0) is 33.6 Å². The van der Waals surface area contributed by atoms with Crippen molar-refractivity contribution in [1.29, 1.82) is 0 Å². The van der Waals surface area contributed by atoms with Gasteiger partial charge >= 0.3 is 15.2 Å². The van der Waals surface area contributed by atoms with E-state index in [1.807, 2.05) is 0 Å². The van der Waals surface area contributed by atoms with E-state index in [9.17, 15) is 28.9 Å². The fraction of sp³-hybridized carbons (Fsp3) is 0.875. The Morgan fingerprint density at radius 1 is 0.719 bits per heavy atom. The molecular formula is C16H40N2O12P2. The van der Waals surface area contributed by atoms with E-state index >= 15 is 0 Å². The summed E-state index contributed by atoms with van der Waals surface area (Å²) in [7, 11) is -9.61. The van der Waals surface area contributed by atoms with E-state index in [-0.39, 0.29) is 19.0 Å². The van der Waals surface area contributed by atoms with Crippen molar-refractivity contribution in [3.05, 3.63) is 0 Å². The summed E-state index contributed by atoms with van der Waals surface area (Å²) in [5.41, 5.74) is 0. The minimum absolute atomic E-state index is 0. The van der Waals surface area contributed by atoms with E-state index in [0.717, 1.165) is 0 Å². The molecule has 0 aliphatic carbocycles. The van der Waals surface area contributed by atoms with Crippen molar-refractivity contribution < 1.29 is 63.6 Å². The lowest BCUT2D eigenvalue weighted by atomic mass is 10.2.